The molecule has 3 aliphatic heterocycles. The number of nitrogens with two attached hydrogens (primary N) is 2. The van der Waals surface area contributed by atoms with Crippen molar-refractivity contribution in [2.24, 2.45) is 17.4 Å². The molecule has 11 atom stereocenters. The molecule has 5 rings (SSSR count). The van der Waals surface area contributed by atoms with Gasteiger partial charge in [0.15, 0.2) is 17.5 Å². The fraction of sp³-hybridized carbons (Fsp3) is 0.596. The van der Waals surface area contributed by atoms with E-state index in [1.807, 2.05) is 13.0 Å². The number of allylic oxidation sites excluding steroid dienone is 3. The van der Waals surface area contributed by atoms with E-state index in [0.717, 1.165) is 15.0 Å². The number of benzene rings is 1. The van der Waals surface area contributed by atoms with Crippen LogP contribution in [0.5, 0.6) is 17.5 Å². The highest BCUT2D eigenvalue weighted by Crippen LogP contribution is 2.49. The van der Waals surface area contributed by atoms with E-state index in [1.165, 1.54) is 64.0 Å². The van der Waals surface area contributed by atoms with Gasteiger partial charge in [-0.1, -0.05) is 42.3 Å². The number of epoxide rings is 1. The smallest absolute Gasteiger partial charge is 0.409 e. The minimum atomic E-state index is -1.94. The molecule has 2 fully saturated rings. The number of aromatic nitrogens is 1. The summed E-state index contributed by atoms with van der Waals surface area (Å²) in [6.45, 7) is 6.73. The van der Waals surface area contributed by atoms with Gasteiger partial charge in [-0.3, -0.25) is 38.7 Å². The van der Waals surface area contributed by atoms with Gasteiger partial charge in [0, 0.05) is 71.7 Å². The van der Waals surface area contributed by atoms with Gasteiger partial charge in [-0.2, -0.15) is 11.8 Å². The van der Waals surface area contributed by atoms with Crippen LogP contribution >= 0.6 is 23.4 Å². The number of primary amides is 1. The quantitative estimate of drug-likeness (QED) is 0.0359. The standard InChI is InChI=1S/C57H84ClN11O17S/c1-31-13-12-15-41(83-8)57(81)30-40(84-55(80)66-57)32(2)49-56(4,86-49)42(29-47(74)68(6)38-26-34(25-31)27-39(82-7)48(38)58)85-53(78)33(3)67(5)54(79)65-36(19-24-87-9)51(76)64-37(28-43(60)70)52(77)63-35(14-10-11-20-59)50(75)62-22-21-61-44(71)18-23-69-45(72)16-17-46(69)73/h12-13,15-17,26-27,32-33,35-37,40-42,49,72-73,81H,10-11,14,18-25,28-30,59H2,1-9H3,(H2,60,70)(H,61,71)(H,62,75)(H,63,77)(H,64,76)(H,65,79)(H,66,80). The number of methoxy groups -OCH3 is 2. The van der Waals surface area contributed by atoms with Crippen LogP contribution in [0.2, 0.25) is 5.02 Å². The summed E-state index contributed by atoms with van der Waals surface area (Å²) in [6, 6.07) is -0.566. The molecule has 9 amide bonds. The van der Waals surface area contributed by atoms with E-state index >= 15 is 0 Å². The summed E-state index contributed by atoms with van der Waals surface area (Å²) in [4.78, 5) is 125. The van der Waals surface area contributed by atoms with E-state index in [4.69, 9.17) is 46.8 Å². The summed E-state index contributed by atoms with van der Waals surface area (Å²) in [5, 5.41) is 47.1. The van der Waals surface area contributed by atoms with Gasteiger partial charge in [0.2, 0.25) is 35.4 Å². The number of ether oxygens (including phenoxy) is 5. The van der Waals surface area contributed by atoms with Crippen molar-refractivity contribution in [1.29, 1.82) is 0 Å². The molecular formula is C57H84ClN11O17S. The first-order valence-electron chi connectivity index (χ1n) is 28.4. The maximum atomic E-state index is 14.5. The van der Waals surface area contributed by atoms with Gasteiger partial charge in [0.1, 0.15) is 58.9 Å². The van der Waals surface area contributed by atoms with E-state index in [0.29, 0.717) is 30.6 Å². The molecule has 13 N–H and O–H groups in total. The predicted molar refractivity (Wildman–Crippen MR) is 320 cm³/mol. The van der Waals surface area contributed by atoms with E-state index in [1.54, 1.807) is 44.4 Å². The number of aliphatic hydroxyl groups is 1. The summed E-state index contributed by atoms with van der Waals surface area (Å²) in [6.07, 6.45) is 1.54. The Morgan fingerprint density at radius 3 is 2.28 bits per heavy atom. The molecule has 4 bridgehead atoms. The molecule has 1 aromatic heterocycles. The zero-order valence-corrected chi connectivity index (χ0v) is 52.0. The first kappa shape index (κ1) is 70.5. The Labute approximate surface area is 514 Å². The molecule has 2 saturated heterocycles. The number of rotatable bonds is 26. The zero-order valence-electron chi connectivity index (χ0n) is 50.5. The lowest BCUT2D eigenvalue weighted by Gasteiger charge is -2.42. The number of nitrogens with zero attached hydrogens (tertiary/aromatic N) is 3. The van der Waals surface area contributed by atoms with Gasteiger partial charge in [-0.25, -0.2) is 14.4 Å². The maximum Gasteiger partial charge on any atom is 0.409 e. The Kier molecular flexibility index (Phi) is 26.0. The maximum absolute atomic E-state index is 14.5. The Bertz CT molecular complexity index is 2860. The fourth-order valence-electron chi connectivity index (χ4n) is 10.1. The van der Waals surface area contributed by atoms with Crippen molar-refractivity contribution in [2.45, 2.75) is 152 Å². The summed E-state index contributed by atoms with van der Waals surface area (Å²) in [7, 11) is 5.58. The summed E-state index contributed by atoms with van der Waals surface area (Å²) in [5.41, 5.74) is 9.72. The molecule has 0 radical (unpaired) electrons. The molecule has 30 heteroatoms. The number of unbranched alkanes of at least 4 members (excludes halogenated alkanes) is 1. The lowest BCUT2D eigenvalue weighted by Crippen LogP contribution is -2.63. The number of nitrogens with one attached hydrogen (secondary N) is 6. The molecule has 482 valence electrons. The van der Waals surface area contributed by atoms with Gasteiger partial charge in [-0.05, 0) is 89.1 Å². The minimum absolute atomic E-state index is 0.0110. The van der Waals surface area contributed by atoms with Crippen LogP contribution in [0.4, 0.5) is 15.3 Å². The van der Waals surface area contributed by atoms with Crippen LogP contribution in [-0.4, -0.2) is 198 Å². The monoisotopic (exact) mass is 1260 g/mol. The minimum Gasteiger partial charge on any atom is -0.495 e. The number of thioether (sulfide) groups is 1. The molecule has 2 aromatic rings. The molecule has 87 heavy (non-hydrogen) atoms. The number of hydrogen-bond acceptors (Lipinski definition) is 19. The van der Waals surface area contributed by atoms with Crippen LogP contribution in [0.15, 0.2) is 48.1 Å². The van der Waals surface area contributed by atoms with Crippen LogP contribution in [0.25, 0.3) is 0 Å². The number of urea groups is 1. The number of likely N-dealkylation sites (N-methyl/N-ethyl adjacent to an activating group) is 1. The molecule has 0 aliphatic carbocycles. The molecule has 11 unspecified atom stereocenters. The van der Waals surface area contributed by atoms with Gasteiger partial charge in [0.25, 0.3) is 0 Å². The van der Waals surface area contributed by atoms with E-state index < -0.39 is 132 Å². The third-order valence-corrected chi connectivity index (χ3v) is 16.6. The van der Waals surface area contributed by atoms with Crippen molar-refractivity contribution in [2.75, 3.05) is 64.9 Å². The second kappa shape index (κ2) is 32.1. The highest BCUT2D eigenvalue weighted by Gasteiger charge is 2.64. The van der Waals surface area contributed by atoms with Crippen molar-refractivity contribution in [3.05, 3.63) is 58.7 Å². The molecule has 0 spiro atoms. The number of esters is 1. The van der Waals surface area contributed by atoms with Crippen molar-refractivity contribution in [3.63, 3.8) is 0 Å². The highest BCUT2D eigenvalue weighted by atomic mass is 35.5. The first-order valence-corrected chi connectivity index (χ1v) is 30.2. The molecule has 28 nitrogen and oxygen atoms in total. The summed E-state index contributed by atoms with van der Waals surface area (Å²) >= 11 is 8.17. The molecule has 3 aliphatic rings. The van der Waals surface area contributed by atoms with Gasteiger partial charge >= 0.3 is 18.1 Å². The number of carbonyl (C=O) groups is 9. The van der Waals surface area contributed by atoms with Gasteiger partial charge in [0.05, 0.1) is 31.7 Å². The third kappa shape index (κ3) is 19.1. The first-order chi connectivity index (χ1) is 41.1. The topological polar surface area (TPSA) is 399 Å². The van der Waals surface area contributed by atoms with Crippen LogP contribution in [0.1, 0.15) is 84.6 Å². The number of anilines is 1. The van der Waals surface area contributed by atoms with Crippen LogP contribution < -0.4 is 53.0 Å². The average molecular weight is 1260 g/mol. The Hall–Kier alpha value is -7.31. The van der Waals surface area contributed by atoms with Gasteiger partial charge in [-0.15, -0.1) is 0 Å². The molecular weight excluding hydrogens is 1180 g/mol. The predicted octanol–water partition coefficient (Wildman–Crippen LogP) is 1.33. The lowest BCUT2D eigenvalue weighted by molar-refractivity contribution is -0.158. The number of alkyl carbamates (subject to hydrolysis) is 1. The number of fused-ring (bicyclic) bond motifs is 5. The third-order valence-electron chi connectivity index (χ3n) is 15.5. The Morgan fingerprint density at radius 1 is 0.977 bits per heavy atom. The van der Waals surface area contributed by atoms with Crippen LogP contribution in [0, 0.1) is 5.92 Å². The molecule has 0 saturated carbocycles. The van der Waals surface area contributed by atoms with E-state index in [-0.39, 0.29) is 80.1 Å². The van der Waals surface area contributed by atoms with E-state index in [2.05, 4.69) is 31.9 Å². The Morgan fingerprint density at radius 2 is 1.63 bits per heavy atom. The summed E-state index contributed by atoms with van der Waals surface area (Å²) in [5.74, 6) is -6.07. The number of amides is 9. The average Bonchev–Trinajstić information content (AvgIpc) is 1.61. The van der Waals surface area contributed by atoms with Crippen molar-refractivity contribution in [1.82, 2.24) is 41.4 Å². The number of carbonyl (C=O) groups excluding carboxylic acids is 9. The largest absolute Gasteiger partial charge is 0.495 e. The number of aromatic hydroxyl groups is 2. The Balaban J connectivity index is 1.32. The SMILES string of the molecule is COc1cc2cc(c1Cl)N(C)C(=O)CC(OC(=O)C(C)N(C)C(=O)NC(CCSC)C(=O)NC(CC(N)=O)C(=O)NC(CCCCN)C(=O)NCCNC(=O)CCn1c(O)ccc1O)C1(C)OC1C(C)C1CC(O)(NC(=O)O1)C(OC)C=CC=C(C)C2. The van der Waals surface area contributed by atoms with Crippen molar-refractivity contribution < 1.29 is 82.2 Å². The lowest BCUT2D eigenvalue weighted by atomic mass is 9.83. The van der Waals surface area contributed by atoms with Crippen LogP contribution in [0.3, 0.4) is 0 Å². The summed E-state index contributed by atoms with van der Waals surface area (Å²) < 4.78 is 30.6. The number of halogens is 1. The molecule has 4 heterocycles. The second-order valence-corrected chi connectivity index (χ2v) is 23.3. The van der Waals surface area contributed by atoms with Gasteiger partial charge < -0.3 is 86.9 Å². The number of hydrogen-bond donors (Lipinski definition) is 11. The van der Waals surface area contributed by atoms with Crippen LogP contribution in [-0.2, 0) is 65.5 Å². The fourth-order valence-corrected chi connectivity index (χ4v) is 10.9. The van der Waals surface area contributed by atoms with Crippen molar-refractivity contribution in [3.8, 4) is 17.5 Å². The normalized spacial score (nSPS) is 23.4. The molecule has 1 aromatic carbocycles. The van der Waals surface area contributed by atoms with E-state index in [9.17, 15) is 58.5 Å². The zero-order chi connectivity index (χ0) is 64.5. The second-order valence-electron chi connectivity index (χ2n) is 22.0. The highest BCUT2D eigenvalue weighted by molar-refractivity contribution is 7.98. The van der Waals surface area contributed by atoms with Crippen molar-refractivity contribution >= 4 is 82.6 Å².